The lowest BCUT2D eigenvalue weighted by atomic mass is 10.0. The van der Waals surface area contributed by atoms with Crippen LogP contribution in [0.2, 0.25) is 0 Å². The Morgan fingerprint density at radius 1 is 1.26 bits per heavy atom. The molecule has 2 nitrogen and oxygen atoms in total. The molecule has 0 N–H and O–H groups in total. The van der Waals surface area contributed by atoms with Crippen molar-refractivity contribution in [2.45, 2.75) is 32.1 Å². The highest BCUT2D eigenvalue weighted by Crippen LogP contribution is 2.26. The van der Waals surface area contributed by atoms with E-state index in [9.17, 15) is 4.79 Å². The first-order valence-corrected chi connectivity index (χ1v) is 6.98. The minimum atomic E-state index is 0.0192. The Labute approximate surface area is 115 Å². The number of hydrogen-bond donors (Lipinski definition) is 0. The predicted molar refractivity (Wildman–Crippen MR) is 77.9 cm³/mol. The van der Waals surface area contributed by atoms with Gasteiger partial charge < -0.3 is 4.90 Å². The number of carbonyl (C=O) groups excluding carboxylic acids is 1. The van der Waals surface area contributed by atoms with Crippen molar-refractivity contribution in [2.24, 2.45) is 5.92 Å². The zero-order valence-corrected chi connectivity index (χ0v) is 11.8. The lowest BCUT2D eigenvalue weighted by Crippen LogP contribution is -2.22. The monoisotopic (exact) mass is 255 g/mol. The molecule has 0 atom stereocenters. The highest BCUT2D eigenvalue weighted by atomic mass is 16.2. The van der Waals surface area contributed by atoms with Gasteiger partial charge >= 0.3 is 0 Å². The molecular formula is C17H21NO. The molecule has 0 unspecified atom stereocenters. The van der Waals surface area contributed by atoms with Gasteiger partial charge in [-0.25, -0.2) is 0 Å². The number of amides is 1. The molecule has 1 aromatic carbocycles. The van der Waals surface area contributed by atoms with Gasteiger partial charge in [-0.3, -0.25) is 4.79 Å². The van der Waals surface area contributed by atoms with Crippen LogP contribution in [-0.4, -0.2) is 24.9 Å². The average Bonchev–Trinajstić information content (AvgIpc) is 2.91. The molecule has 100 valence electrons. The molecule has 1 aromatic rings. The van der Waals surface area contributed by atoms with Gasteiger partial charge in [-0.2, -0.15) is 0 Å². The molecule has 0 spiro atoms. The fourth-order valence-corrected chi connectivity index (χ4v) is 2.52. The molecule has 0 heterocycles. The smallest absolute Gasteiger partial charge is 0.254 e. The predicted octanol–water partition coefficient (Wildman–Crippen LogP) is 3.32. The average molecular weight is 255 g/mol. The highest BCUT2D eigenvalue weighted by molar-refractivity contribution is 5.96. The molecule has 0 radical (unpaired) electrons. The number of rotatable bonds is 2. The summed E-state index contributed by atoms with van der Waals surface area (Å²) in [7, 11) is 3.54. The molecule has 1 aliphatic carbocycles. The van der Waals surface area contributed by atoms with E-state index in [2.05, 4.69) is 11.8 Å². The molecular weight excluding hydrogens is 234 g/mol. The Hall–Kier alpha value is -1.75. The number of hydrogen-bond acceptors (Lipinski definition) is 1. The van der Waals surface area contributed by atoms with Gasteiger partial charge in [0.15, 0.2) is 0 Å². The fourth-order valence-electron chi connectivity index (χ4n) is 2.52. The first kappa shape index (κ1) is 13.7. The zero-order valence-electron chi connectivity index (χ0n) is 11.8. The van der Waals surface area contributed by atoms with Crippen molar-refractivity contribution < 1.29 is 4.79 Å². The number of benzene rings is 1. The lowest BCUT2D eigenvalue weighted by Gasteiger charge is -2.11. The Balaban J connectivity index is 2.11. The maximum atomic E-state index is 12.0. The standard InChI is InChI=1S/C17H21NO/c1-18(2)17(19)16-13-6-5-11-15(16)12-7-10-14-8-3-4-9-14/h5-6,11,13-14H,3-4,8-10H2,1-2H3. The first-order chi connectivity index (χ1) is 9.18. The van der Waals surface area contributed by atoms with E-state index < -0.39 is 0 Å². The van der Waals surface area contributed by atoms with Crippen LogP contribution < -0.4 is 0 Å². The van der Waals surface area contributed by atoms with Crippen LogP contribution in [0.3, 0.4) is 0 Å². The maximum Gasteiger partial charge on any atom is 0.254 e. The lowest BCUT2D eigenvalue weighted by molar-refractivity contribution is 0.0827. The molecule has 19 heavy (non-hydrogen) atoms. The third kappa shape index (κ3) is 3.61. The summed E-state index contributed by atoms with van der Waals surface area (Å²) in [4.78, 5) is 13.6. The molecule has 1 aliphatic rings. The molecule has 0 aliphatic heterocycles. The minimum absolute atomic E-state index is 0.0192. The van der Waals surface area contributed by atoms with Gasteiger partial charge in [0.2, 0.25) is 0 Å². The molecule has 2 heteroatoms. The van der Waals surface area contributed by atoms with Crippen LogP contribution in [-0.2, 0) is 0 Å². The highest BCUT2D eigenvalue weighted by Gasteiger charge is 2.13. The topological polar surface area (TPSA) is 20.3 Å². The fraction of sp³-hybridized carbons (Fsp3) is 0.471. The summed E-state index contributed by atoms with van der Waals surface area (Å²) in [6.07, 6.45) is 6.29. The SMILES string of the molecule is CN(C)C(=O)c1ccccc1C#CCC1CCCC1. The molecule has 1 amide bonds. The molecule has 0 aromatic heterocycles. The molecule has 2 rings (SSSR count). The molecule has 0 saturated heterocycles. The van der Waals surface area contributed by atoms with E-state index in [0.717, 1.165) is 17.9 Å². The van der Waals surface area contributed by atoms with Gasteiger partial charge in [0, 0.05) is 26.1 Å². The van der Waals surface area contributed by atoms with E-state index in [-0.39, 0.29) is 5.91 Å². The third-order valence-electron chi connectivity index (χ3n) is 3.65. The Morgan fingerprint density at radius 3 is 2.63 bits per heavy atom. The Kier molecular flexibility index (Phi) is 4.63. The van der Waals surface area contributed by atoms with Crippen molar-refractivity contribution in [3.05, 3.63) is 35.4 Å². The van der Waals surface area contributed by atoms with Crippen molar-refractivity contribution in [1.29, 1.82) is 0 Å². The van der Waals surface area contributed by atoms with Crippen molar-refractivity contribution >= 4 is 5.91 Å². The van der Waals surface area contributed by atoms with Crippen LogP contribution in [0.1, 0.15) is 48.0 Å². The summed E-state index contributed by atoms with van der Waals surface area (Å²) >= 11 is 0. The summed E-state index contributed by atoms with van der Waals surface area (Å²) in [5.74, 6) is 7.22. The van der Waals surface area contributed by atoms with Crippen LogP contribution in [0, 0.1) is 17.8 Å². The van der Waals surface area contributed by atoms with Crippen LogP contribution in [0.25, 0.3) is 0 Å². The second-order valence-corrected chi connectivity index (χ2v) is 5.40. The normalized spacial score (nSPS) is 14.8. The maximum absolute atomic E-state index is 12.0. The van der Waals surface area contributed by atoms with Crippen LogP contribution >= 0.6 is 0 Å². The van der Waals surface area contributed by atoms with Gasteiger partial charge in [-0.15, -0.1) is 0 Å². The summed E-state index contributed by atoms with van der Waals surface area (Å²) in [6.45, 7) is 0. The van der Waals surface area contributed by atoms with Crippen LogP contribution in [0.4, 0.5) is 0 Å². The van der Waals surface area contributed by atoms with Gasteiger partial charge in [-0.1, -0.05) is 36.8 Å². The second kappa shape index (κ2) is 6.43. The van der Waals surface area contributed by atoms with Crippen LogP contribution in [0.5, 0.6) is 0 Å². The summed E-state index contributed by atoms with van der Waals surface area (Å²) in [6, 6.07) is 7.60. The van der Waals surface area contributed by atoms with Gasteiger partial charge in [0.1, 0.15) is 0 Å². The quantitative estimate of drug-likeness (QED) is 0.742. The molecule has 0 bridgehead atoms. The van der Waals surface area contributed by atoms with Crippen molar-refractivity contribution in [1.82, 2.24) is 4.90 Å². The Bertz CT molecular complexity index is 501. The van der Waals surface area contributed by atoms with E-state index in [1.54, 1.807) is 19.0 Å². The van der Waals surface area contributed by atoms with Crippen molar-refractivity contribution in [3.8, 4) is 11.8 Å². The number of nitrogens with zero attached hydrogens (tertiary/aromatic N) is 1. The van der Waals surface area contributed by atoms with Crippen molar-refractivity contribution in [2.75, 3.05) is 14.1 Å². The second-order valence-electron chi connectivity index (χ2n) is 5.40. The zero-order chi connectivity index (χ0) is 13.7. The van der Waals surface area contributed by atoms with E-state index in [1.807, 2.05) is 24.3 Å². The van der Waals surface area contributed by atoms with E-state index >= 15 is 0 Å². The van der Waals surface area contributed by atoms with E-state index in [1.165, 1.54) is 25.7 Å². The first-order valence-electron chi connectivity index (χ1n) is 6.98. The van der Waals surface area contributed by atoms with E-state index in [0.29, 0.717) is 5.56 Å². The summed E-state index contributed by atoms with van der Waals surface area (Å²) < 4.78 is 0. The van der Waals surface area contributed by atoms with Crippen molar-refractivity contribution in [3.63, 3.8) is 0 Å². The van der Waals surface area contributed by atoms with Gasteiger partial charge in [0.05, 0.1) is 5.56 Å². The van der Waals surface area contributed by atoms with E-state index in [4.69, 9.17) is 0 Å². The molecule has 1 saturated carbocycles. The minimum Gasteiger partial charge on any atom is -0.345 e. The molecule has 1 fully saturated rings. The Morgan fingerprint density at radius 2 is 1.95 bits per heavy atom. The van der Waals surface area contributed by atoms with Gasteiger partial charge in [0.25, 0.3) is 5.91 Å². The summed E-state index contributed by atoms with van der Waals surface area (Å²) in [5.41, 5.74) is 1.55. The largest absolute Gasteiger partial charge is 0.345 e. The van der Waals surface area contributed by atoms with Gasteiger partial charge in [-0.05, 0) is 30.9 Å². The third-order valence-corrected chi connectivity index (χ3v) is 3.65. The van der Waals surface area contributed by atoms with Crippen LogP contribution in [0.15, 0.2) is 24.3 Å². The number of carbonyl (C=O) groups is 1. The summed E-state index contributed by atoms with van der Waals surface area (Å²) in [5, 5.41) is 0.